The fourth-order valence-electron chi connectivity index (χ4n) is 1.38. The van der Waals surface area contributed by atoms with Crippen LogP contribution >= 0.6 is 24.0 Å². The molecule has 1 aliphatic heterocycles. The van der Waals surface area contributed by atoms with Crippen LogP contribution in [0.1, 0.15) is 24.2 Å². The zero-order valence-electron chi connectivity index (χ0n) is 6.67. The summed E-state index contributed by atoms with van der Waals surface area (Å²) in [5.74, 6) is 0. The van der Waals surface area contributed by atoms with Crippen LogP contribution < -0.4 is 5.32 Å². The number of hydrogen-bond donors (Lipinski definition) is 1. The Labute approximate surface area is 82.7 Å². The van der Waals surface area contributed by atoms with E-state index in [0.29, 0.717) is 6.04 Å². The summed E-state index contributed by atoms with van der Waals surface area (Å²) < 4.78 is 0. The highest BCUT2D eigenvalue weighted by Gasteiger charge is 2.18. The molecule has 66 valence electrons. The highest BCUT2D eigenvalue weighted by Crippen LogP contribution is 2.24. The molecule has 0 saturated heterocycles. The van der Waals surface area contributed by atoms with E-state index in [4.69, 9.17) is 11.6 Å². The molecule has 2 nitrogen and oxygen atoms in total. The van der Waals surface area contributed by atoms with Crippen molar-refractivity contribution in [3.8, 4) is 0 Å². The lowest BCUT2D eigenvalue weighted by Crippen LogP contribution is -2.07. The lowest BCUT2D eigenvalue weighted by Gasteiger charge is -2.01. The molecular formula is C8H10Cl2N2. The van der Waals surface area contributed by atoms with Crippen molar-refractivity contribution in [2.75, 3.05) is 0 Å². The van der Waals surface area contributed by atoms with E-state index in [1.807, 2.05) is 6.07 Å². The van der Waals surface area contributed by atoms with Gasteiger partial charge in [0.25, 0.3) is 0 Å². The second kappa shape index (κ2) is 3.60. The molecule has 1 unspecified atom stereocenters. The summed E-state index contributed by atoms with van der Waals surface area (Å²) in [6.45, 7) is 3.00. The Balaban J connectivity index is 0.000000720. The van der Waals surface area contributed by atoms with Crippen molar-refractivity contribution in [3.63, 3.8) is 0 Å². The Morgan fingerprint density at radius 3 is 3.17 bits per heavy atom. The molecule has 0 radical (unpaired) electrons. The SMILES string of the molecule is CC1NCc2cc(Cl)cnc21.Cl. The van der Waals surface area contributed by atoms with Crippen molar-refractivity contribution in [1.82, 2.24) is 10.3 Å². The summed E-state index contributed by atoms with van der Waals surface area (Å²) in [4.78, 5) is 4.25. The van der Waals surface area contributed by atoms with Gasteiger partial charge in [-0.15, -0.1) is 12.4 Å². The van der Waals surface area contributed by atoms with Crippen LogP contribution in [0.5, 0.6) is 0 Å². The Morgan fingerprint density at radius 2 is 2.42 bits per heavy atom. The summed E-state index contributed by atoms with van der Waals surface area (Å²) in [7, 11) is 0. The van der Waals surface area contributed by atoms with Gasteiger partial charge in [0.05, 0.1) is 10.7 Å². The number of aromatic nitrogens is 1. The van der Waals surface area contributed by atoms with Crippen LogP contribution in [0.3, 0.4) is 0 Å². The van der Waals surface area contributed by atoms with Gasteiger partial charge < -0.3 is 5.32 Å². The minimum absolute atomic E-state index is 0. The highest BCUT2D eigenvalue weighted by atomic mass is 35.5. The van der Waals surface area contributed by atoms with Crippen LogP contribution in [0.15, 0.2) is 12.3 Å². The van der Waals surface area contributed by atoms with Gasteiger partial charge >= 0.3 is 0 Å². The van der Waals surface area contributed by atoms with Gasteiger partial charge in [0, 0.05) is 18.8 Å². The van der Waals surface area contributed by atoms with E-state index in [1.165, 1.54) is 5.56 Å². The number of hydrogen-bond acceptors (Lipinski definition) is 2. The molecule has 0 aromatic carbocycles. The Kier molecular flexibility index (Phi) is 2.94. The first kappa shape index (κ1) is 9.78. The summed E-state index contributed by atoms with van der Waals surface area (Å²) >= 11 is 5.78. The van der Waals surface area contributed by atoms with E-state index in [2.05, 4.69) is 17.2 Å². The van der Waals surface area contributed by atoms with Gasteiger partial charge in [-0.3, -0.25) is 4.98 Å². The molecule has 4 heteroatoms. The van der Waals surface area contributed by atoms with E-state index in [0.717, 1.165) is 17.3 Å². The second-order valence-corrected chi connectivity index (χ2v) is 3.24. The summed E-state index contributed by atoms with van der Waals surface area (Å²) in [6.07, 6.45) is 1.70. The summed E-state index contributed by atoms with van der Waals surface area (Å²) in [6, 6.07) is 2.35. The second-order valence-electron chi connectivity index (χ2n) is 2.80. The Hall–Kier alpha value is -0.310. The highest BCUT2D eigenvalue weighted by molar-refractivity contribution is 6.30. The van der Waals surface area contributed by atoms with E-state index < -0.39 is 0 Å². The topological polar surface area (TPSA) is 24.9 Å². The maximum atomic E-state index is 5.78. The van der Waals surface area contributed by atoms with Gasteiger partial charge in [0.15, 0.2) is 0 Å². The fourth-order valence-corrected chi connectivity index (χ4v) is 1.56. The molecule has 1 aromatic heterocycles. The van der Waals surface area contributed by atoms with Crippen molar-refractivity contribution in [1.29, 1.82) is 0 Å². The smallest absolute Gasteiger partial charge is 0.0616 e. The zero-order chi connectivity index (χ0) is 7.84. The first-order valence-electron chi connectivity index (χ1n) is 3.65. The van der Waals surface area contributed by atoms with Gasteiger partial charge in [0.2, 0.25) is 0 Å². The lowest BCUT2D eigenvalue weighted by atomic mass is 10.2. The van der Waals surface area contributed by atoms with Crippen LogP contribution in [0.4, 0.5) is 0 Å². The standard InChI is InChI=1S/C8H9ClN2.ClH/c1-5-8-6(3-10-5)2-7(9)4-11-8;/h2,4-5,10H,3H2,1H3;1H. The van der Waals surface area contributed by atoms with Crippen molar-refractivity contribution in [2.45, 2.75) is 19.5 Å². The van der Waals surface area contributed by atoms with Gasteiger partial charge in [0.1, 0.15) is 0 Å². The number of halogens is 2. The molecule has 0 fully saturated rings. The van der Waals surface area contributed by atoms with Crippen LogP contribution in [-0.2, 0) is 6.54 Å². The average molecular weight is 205 g/mol. The molecule has 2 heterocycles. The third-order valence-corrected chi connectivity index (χ3v) is 2.18. The molecule has 0 amide bonds. The predicted octanol–water partition coefficient (Wildman–Crippen LogP) is 2.32. The quantitative estimate of drug-likeness (QED) is 0.702. The van der Waals surface area contributed by atoms with Gasteiger partial charge in [-0.2, -0.15) is 0 Å². The summed E-state index contributed by atoms with van der Waals surface area (Å²) in [5, 5.41) is 4.01. The third-order valence-electron chi connectivity index (χ3n) is 1.98. The van der Waals surface area contributed by atoms with Crippen LogP contribution in [0.2, 0.25) is 5.02 Å². The maximum Gasteiger partial charge on any atom is 0.0616 e. The fraction of sp³-hybridized carbons (Fsp3) is 0.375. The zero-order valence-corrected chi connectivity index (χ0v) is 8.25. The van der Waals surface area contributed by atoms with Crippen molar-refractivity contribution >= 4 is 24.0 Å². The molecule has 1 aromatic rings. The molecule has 2 rings (SSSR count). The number of fused-ring (bicyclic) bond motifs is 1. The number of nitrogens with one attached hydrogen (secondary N) is 1. The van der Waals surface area contributed by atoms with Crippen molar-refractivity contribution < 1.29 is 0 Å². The van der Waals surface area contributed by atoms with E-state index in [-0.39, 0.29) is 12.4 Å². The van der Waals surface area contributed by atoms with Crippen molar-refractivity contribution in [2.24, 2.45) is 0 Å². The first-order valence-corrected chi connectivity index (χ1v) is 4.03. The molecule has 1 atom stereocenters. The third kappa shape index (κ3) is 1.56. The number of nitrogens with zero attached hydrogens (tertiary/aromatic N) is 1. The lowest BCUT2D eigenvalue weighted by molar-refractivity contribution is 0.623. The van der Waals surface area contributed by atoms with Crippen molar-refractivity contribution in [3.05, 3.63) is 28.5 Å². The molecule has 1 aliphatic rings. The Bertz CT molecular complexity index is 288. The number of rotatable bonds is 0. The molecule has 0 aliphatic carbocycles. The van der Waals surface area contributed by atoms with E-state index in [1.54, 1.807) is 6.20 Å². The molecule has 1 N–H and O–H groups in total. The first-order chi connectivity index (χ1) is 5.27. The maximum absolute atomic E-state index is 5.78. The molecule has 12 heavy (non-hydrogen) atoms. The van der Waals surface area contributed by atoms with E-state index >= 15 is 0 Å². The molecule has 0 spiro atoms. The summed E-state index contributed by atoms with van der Waals surface area (Å²) in [5.41, 5.74) is 2.36. The molecule has 0 bridgehead atoms. The van der Waals surface area contributed by atoms with Crippen LogP contribution in [0, 0.1) is 0 Å². The van der Waals surface area contributed by atoms with Gasteiger partial charge in [-0.25, -0.2) is 0 Å². The molecule has 0 saturated carbocycles. The normalized spacial score (nSPS) is 20.0. The number of pyridine rings is 1. The minimum atomic E-state index is 0. The van der Waals surface area contributed by atoms with Gasteiger partial charge in [-0.05, 0) is 18.6 Å². The predicted molar refractivity (Wildman–Crippen MR) is 51.7 cm³/mol. The molecular weight excluding hydrogens is 195 g/mol. The van der Waals surface area contributed by atoms with Crippen LogP contribution in [-0.4, -0.2) is 4.98 Å². The van der Waals surface area contributed by atoms with E-state index in [9.17, 15) is 0 Å². The average Bonchev–Trinajstić information content (AvgIpc) is 2.32. The van der Waals surface area contributed by atoms with Crippen LogP contribution in [0.25, 0.3) is 0 Å². The largest absolute Gasteiger partial charge is 0.305 e. The minimum Gasteiger partial charge on any atom is -0.305 e. The van der Waals surface area contributed by atoms with Gasteiger partial charge in [-0.1, -0.05) is 11.6 Å². The monoisotopic (exact) mass is 204 g/mol. The Morgan fingerprint density at radius 1 is 1.67 bits per heavy atom.